The van der Waals surface area contributed by atoms with Gasteiger partial charge < -0.3 is 14.6 Å². The molecular formula is C12H12O7. The van der Waals surface area contributed by atoms with Crippen LogP contribution in [0.1, 0.15) is 6.92 Å². The predicted molar refractivity (Wildman–Crippen MR) is 61.5 cm³/mol. The van der Waals surface area contributed by atoms with E-state index in [1.165, 1.54) is 19.1 Å². The molecule has 1 aliphatic rings. The van der Waals surface area contributed by atoms with E-state index >= 15 is 0 Å². The number of ether oxygens (including phenoxy) is 2. The first-order valence-corrected chi connectivity index (χ1v) is 5.06. The number of esters is 1. The molecule has 19 heavy (non-hydrogen) atoms. The van der Waals surface area contributed by atoms with E-state index in [0.29, 0.717) is 0 Å². The SMILES string of the molecule is C=CC(=O)OC1=CC=COC1(O)OOC(=O)C(=C)C. The maximum absolute atomic E-state index is 11.1. The Morgan fingerprint density at radius 3 is 2.79 bits per heavy atom. The number of carbonyl (C=O) groups excluding carboxylic acids is 2. The summed E-state index contributed by atoms with van der Waals surface area (Å²) in [4.78, 5) is 30.9. The molecule has 1 atom stereocenters. The molecule has 0 saturated carbocycles. The van der Waals surface area contributed by atoms with Crippen LogP contribution in [0.25, 0.3) is 0 Å². The minimum absolute atomic E-state index is 0.0450. The van der Waals surface area contributed by atoms with Crippen LogP contribution in [0.3, 0.4) is 0 Å². The van der Waals surface area contributed by atoms with Gasteiger partial charge in [-0.2, -0.15) is 0 Å². The molecule has 7 heteroatoms. The Labute approximate surface area is 108 Å². The minimum Gasteiger partial charge on any atom is -0.439 e. The standard InChI is InChI=1S/C12H12O7/c1-4-10(13)17-9-6-5-7-16-12(9,15)19-18-11(14)8(2)3/h4-7,15H,1-2H2,3H3. The maximum atomic E-state index is 11.1. The number of hydrogen-bond acceptors (Lipinski definition) is 7. The number of hydrogen-bond donors (Lipinski definition) is 1. The van der Waals surface area contributed by atoms with Gasteiger partial charge in [0.1, 0.15) is 0 Å². The molecule has 0 fully saturated rings. The van der Waals surface area contributed by atoms with Crippen LogP contribution in [0.4, 0.5) is 0 Å². The molecule has 0 aliphatic carbocycles. The second-order valence-electron chi connectivity index (χ2n) is 3.42. The van der Waals surface area contributed by atoms with Crippen molar-refractivity contribution < 1.29 is 33.9 Å². The van der Waals surface area contributed by atoms with Crippen LogP contribution in [0, 0.1) is 0 Å². The van der Waals surface area contributed by atoms with E-state index in [4.69, 9.17) is 4.74 Å². The summed E-state index contributed by atoms with van der Waals surface area (Å²) in [5.74, 6) is -4.74. The molecule has 102 valence electrons. The molecule has 0 radical (unpaired) electrons. The van der Waals surface area contributed by atoms with Crippen molar-refractivity contribution in [3.8, 4) is 0 Å². The van der Waals surface area contributed by atoms with E-state index in [1.54, 1.807) is 0 Å². The quantitative estimate of drug-likeness (QED) is 0.260. The highest BCUT2D eigenvalue weighted by molar-refractivity contribution is 5.86. The van der Waals surface area contributed by atoms with Gasteiger partial charge in [-0.1, -0.05) is 18.0 Å². The number of rotatable bonds is 5. The average Bonchev–Trinajstić information content (AvgIpc) is 2.38. The summed E-state index contributed by atoms with van der Waals surface area (Å²) >= 11 is 0. The van der Waals surface area contributed by atoms with Gasteiger partial charge in [0.25, 0.3) is 0 Å². The van der Waals surface area contributed by atoms with Gasteiger partial charge in [0.2, 0.25) is 5.76 Å². The Morgan fingerprint density at radius 1 is 1.53 bits per heavy atom. The van der Waals surface area contributed by atoms with Crippen LogP contribution >= 0.6 is 0 Å². The molecule has 1 aliphatic heterocycles. The second-order valence-corrected chi connectivity index (χ2v) is 3.42. The van der Waals surface area contributed by atoms with Gasteiger partial charge >= 0.3 is 17.9 Å². The molecule has 1 rings (SSSR count). The van der Waals surface area contributed by atoms with E-state index in [-0.39, 0.29) is 5.57 Å². The lowest BCUT2D eigenvalue weighted by molar-refractivity contribution is -0.456. The highest BCUT2D eigenvalue weighted by Crippen LogP contribution is 2.26. The molecule has 1 heterocycles. The maximum Gasteiger partial charge on any atom is 0.424 e. The van der Waals surface area contributed by atoms with Crippen LogP contribution in [0.2, 0.25) is 0 Å². The minimum atomic E-state index is -2.56. The zero-order valence-corrected chi connectivity index (χ0v) is 10.1. The zero-order valence-electron chi connectivity index (χ0n) is 10.1. The fourth-order valence-electron chi connectivity index (χ4n) is 0.896. The van der Waals surface area contributed by atoms with E-state index in [1.807, 2.05) is 0 Å². The van der Waals surface area contributed by atoms with Crippen LogP contribution in [0.5, 0.6) is 0 Å². The fraction of sp³-hybridized carbons (Fsp3) is 0.167. The van der Waals surface area contributed by atoms with E-state index < -0.39 is 23.7 Å². The van der Waals surface area contributed by atoms with Crippen molar-refractivity contribution in [3.63, 3.8) is 0 Å². The highest BCUT2D eigenvalue weighted by Gasteiger charge is 2.42. The molecule has 0 aromatic rings. The van der Waals surface area contributed by atoms with Gasteiger partial charge in [-0.15, -0.1) is 0 Å². The molecule has 0 spiro atoms. The van der Waals surface area contributed by atoms with Crippen molar-refractivity contribution in [1.82, 2.24) is 0 Å². The highest BCUT2D eigenvalue weighted by atomic mass is 17.3. The van der Waals surface area contributed by atoms with Gasteiger partial charge in [0, 0.05) is 11.6 Å². The topological polar surface area (TPSA) is 91.3 Å². The van der Waals surface area contributed by atoms with Gasteiger partial charge in [-0.25, -0.2) is 9.59 Å². The summed E-state index contributed by atoms with van der Waals surface area (Å²) in [6, 6.07) is 0. The van der Waals surface area contributed by atoms with Crippen molar-refractivity contribution in [2.24, 2.45) is 0 Å². The summed E-state index contributed by atoms with van der Waals surface area (Å²) < 4.78 is 9.41. The summed E-state index contributed by atoms with van der Waals surface area (Å²) in [5.41, 5.74) is 0.0450. The van der Waals surface area contributed by atoms with E-state index in [0.717, 1.165) is 12.3 Å². The van der Waals surface area contributed by atoms with Crippen LogP contribution in [-0.2, 0) is 28.8 Å². The summed E-state index contributed by atoms with van der Waals surface area (Å²) in [7, 11) is 0. The molecule has 1 unspecified atom stereocenters. The molecule has 0 aromatic carbocycles. The normalized spacial score (nSPS) is 20.8. The van der Waals surface area contributed by atoms with E-state index in [9.17, 15) is 14.7 Å². The van der Waals surface area contributed by atoms with Gasteiger partial charge in [-0.05, 0) is 19.1 Å². The molecule has 1 N–H and O–H groups in total. The lowest BCUT2D eigenvalue weighted by Crippen LogP contribution is -2.40. The summed E-state index contributed by atoms with van der Waals surface area (Å²) in [6.07, 6.45) is 4.46. The van der Waals surface area contributed by atoms with Crippen molar-refractivity contribution >= 4 is 11.9 Å². The van der Waals surface area contributed by atoms with E-state index in [2.05, 4.69) is 27.7 Å². The van der Waals surface area contributed by atoms with Crippen molar-refractivity contribution in [2.45, 2.75) is 12.9 Å². The Kier molecular flexibility index (Phi) is 4.62. The van der Waals surface area contributed by atoms with Gasteiger partial charge in [-0.3, -0.25) is 4.89 Å². The molecule has 0 saturated heterocycles. The Hall–Kier alpha value is -2.38. The smallest absolute Gasteiger partial charge is 0.424 e. The molecule has 0 amide bonds. The Bertz CT molecular complexity index is 474. The number of carbonyl (C=O) groups is 2. The third-order valence-electron chi connectivity index (χ3n) is 1.82. The van der Waals surface area contributed by atoms with Crippen molar-refractivity contribution in [3.05, 3.63) is 49.0 Å². The lowest BCUT2D eigenvalue weighted by Gasteiger charge is -2.27. The first-order chi connectivity index (χ1) is 8.89. The second kappa shape index (κ2) is 5.98. The average molecular weight is 268 g/mol. The van der Waals surface area contributed by atoms with Crippen LogP contribution in [-0.4, -0.2) is 23.0 Å². The van der Waals surface area contributed by atoms with Gasteiger partial charge in [0.15, 0.2) is 0 Å². The monoisotopic (exact) mass is 268 g/mol. The summed E-state index contributed by atoms with van der Waals surface area (Å²) in [5, 5.41) is 9.92. The fourth-order valence-corrected chi connectivity index (χ4v) is 0.896. The van der Waals surface area contributed by atoms with Crippen LogP contribution in [0.15, 0.2) is 49.0 Å². The largest absolute Gasteiger partial charge is 0.439 e. The van der Waals surface area contributed by atoms with Crippen molar-refractivity contribution in [1.29, 1.82) is 0 Å². The Balaban J connectivity index is 2.77. The predicted octanol–water partition coefficient (Wildman–Crippen LogP) is 0.840. The summed E-state index contributed by atoms with van der Waals surface area (Å²) in [6.45, 7) is 7.89. The van der Waals surface area contributed by atoms with Crippen molar-refractivity contribution in [2.75, 3.05) is 0 Å². The number of aliphatic hydroxyl groups is 1. The van der Waals surface area contributed by atoms with Gasteiger partial charge in [0.05, 0.1) is 6.26 Å². The molecule has 0 bridgehead atoms. The first-order valence-electron chi connectivity index (χ1n) is 5.06. The van der Waals surface area contributed by atoms with Crippen LogP contribution < -0.4 is 0 Å². The Morgan fingerprint density at radius 2 is 2.21 bits per heavy atom. The molecule has 0 aromatic heterocycles. The third kappa shape index (κ3) is 3.80. The molecule has 7 nitrogen and oxygen atoms in total. The first kappa shape index (κ1) is 14.7. The lowest BCUT2D eigenvalue weighted by atomic mass is 10.3. The zero-order chi connectivity index (χ0) is 14.5. The third-order valence-corrected chi connectivity index (χ3v) is 1.82. The number of allylic oxidation sites excluding steroid dienone is 2. The molecular weight excluding hydrogens is 256 g/mol.